The Bertz CT molecular complexity index is 369. The van der Waals surface area contributed by atoms with Gasteiger partial charge in [-0.25, -0.2) is 0 Å². The third-order valence-electron chi connectivity index (χ3n) is 2.79. The third-order valence-corrected chi connectivity index (χ3v) is 2.79. The largest absolute Gasteiger partial charge is 0.382 e. The molecule has 5 nitrogen and oxygen atoms in total. The van der Waals surface area contributed by atoms with E-state index in [1.165, 1.54) is 5.56 Å². The van der Waals surface area contributed by atoms with Crippen molar-refractivity contribution in [2.75, 3.05) is 33.5 Å². The molecule has 0 aromatic carbocycles. The molecule has 110 valence electrons. The molecule has 1 aromatic heterocycles. The highest BCUT2D eigenvalue weighted by atomic mass is 16.5. The Hall–Kier alpha value is -0.910. The van der Waals surface area contributed by atoms with E-state index in [2.05, 4.69) is 37.4 Å². The number of rotatable bonds is 8. The molecule has 0 amide bonds. The van der Waals surface area contributed by atoms with Crippen molar-refractivity contribution < 1.29 is 9.47 Å². The Balaban J connectivity index is 2.33. The molecule has 0 spiro atoms. The van der Waals surface area contributed by atoms with Gasteiger partial charge in [-0.05, 0) is 0 Å². The summed E-state index contributed by atoms with van der Waals surface area (Å²) in [5.41, 5.74) is 2.49. The molecule has 19 heavy (non-hydrogen) atoms. The number of hydrogen-bond acceptors (Lipinski definition) is 4. The summed E-state index contributed by atoms with van der Waals surface area (Å²) in [6, 6.07) is 0. The predicted octanol–water partition coefficient (Wildman–Crippen LogP) is 1.47. The van der Waals surface area contributed by atoms with Crippen molar-refractivity contribution in [2.24, 2.45) is 7.05 Å². The lowest BCUT2D eigenvalue weighted by Crippen LogP contribution is -2.22. The number of nitrogens with one attached hydrogen (secondary N) is 1. The Morgan fingerprint density at radius 3 is 2.63 bits per heavy atom. The molecule has 0 saturated carbocycles. The van der Waals surface area contributed by atoms with Crippen LogP contribution in [0.1, 0.15) is 32.0 Å². The van der Waals surface area contributed by atoms with E-state index in [9.17, 15) is 0 Å². The van der Waals surface area contributed by atoms with E-state index in [1.54, 1.807) is 7.11 Å². The summed E-state index contributed by atoms with van der Waals surface area (Å²) < 4.78 is 12.2. The molecular formula is C14H27N3O2. The van der Waals surface area contributed by atoms with E-state index in [0.717, 1.165) is 18.8 Å². The van der Waals surface area contributed by atoms with Crippen LogP contribution in [0.2, 0.25) is 0 Å². The molecule has 1 rings (SSSR count). The fourth-order valence-electron chi connectivity index (χ4n) is 1.91. The Morgan fingerprint density at radius 2 is 2.00 bits per heavy atom. The van der Waals surface area contributed by atoms with Crippen LogP contribution in [0.15, 0.2) is 6.20 Å². The number of ether oxygens (including phenoxy) is 2. The van der Waals surface area contributed by atoms with Gasteiger partial charge < -0.3 is 14.8 Å². The second kappa shape index (κ2) is 7.62. The maximum atomic E-state index is 5.41. The van der Waals surface area contributed by atoms with Gasteiger partial charge in [0.05, 0.1) is 25.5 Å². The van der Waals surface area contributed by atoms with Gasteiger partial charge in [-0.3, -0.25) is 4.68 Å². The molecule has 0 aliphatic carbocycles. The fourth-order valence-corrected chi connectivity index (χ4v) is 1.91. The lowest BCUT2D eigenvalue weighted by atomic mass is 9.89. The zero-order valence-electron chi connectivity index (χ0n) is 12.8. The summed E-state index contributed by atoms with van der Waals surface area (Å²) in [6.07, 6.45) is 2.08. The second-order valence-electron chi connectivity index (χ2n) is 5.71. The van der Waals surface area contributed by atoms with Crippen LogP contribution in [0.25, 0.3) is 0 Å². The summed E-state index contributed by atoms with van der Waals surface area (Å²) in [5.74, 6) is 0. The van der Waals surface area contributed by atoms with Crippen LogP contribution in [-0.2, 0) is 28.5 Å². The van der Waals surface area contributed by atoms with Crippen LogP contribution in [-0.4, -0.2) is 43.3 Å². The Morgan fingerprint density at radius 1 is 1.26 bits per heavy atom. The van der Waals surface area contributed by atoms with Crippen molar-refractivity contribution in [3.8, 4) is 0 Å². The number of aryl methyl sites for hydroxylation is 1. The van der Waals surface area contributed by atoms with Gasteiger partial charge >= 0.3 is 0 Å². The zero-order chi connectivity index (χ0) is 14.3. The van der Waals surface area contributed by atoms with Crippen molar-refractivity contribution >= 4 is 0 Å². The van der Waals surface area contributed by atoms with Crippen molar-refractivity contribution in [3.63, 3.8) is 0 Å². The van der Waals surface area contributed by atoms with Gasteiger partial charge in [-0.15, -0.1) is 0 Å². The van der Waals surface area contributed by atoms with Crippen molar-refractivity contribution in [1.29, 1.82) is 0 Å². The molecule has 0 unspecified atom stereocenters. The SMILES string of the molecule is COCCOCCNCc1cn(C)nc1C(C)(C)C. The molecule has 0 saturated heterocycles. The molecule has 0 bridgehead atoms. The first-order valence-corrected chi connectivity index (χ1v) is 6.75. The van der Waals surface area contributed by atoms with Crippen molar-refractivity contribution in [3.05, 3.63) is 17.5 Å². The van der Waals surface area contributed by atoms with Crippen LogP contribution in [0.5, 0.6) is 0 Å². The standard InChI is InChI=1S/C14H27N3O2/c1-14(2,3)13-12(11-17(4)16-13)10-15-6-7-19-9-8-18-5/h11,15H,6-10H2,1-5H3. The Labute approximate surface area is 116 Å². The van der Waals surface area contributed by atoms with Gasteiger partial charge in [0.15, 0.2) is 0 Å². The van der Waals surface area contributed by atoms with E-state index < -0.39 is 0 Å². The average Bonchev–Trinajstić information content (AvgIpc) is 2.69. The quantitative estimate of drug-likeness (QED) is 0.726. The highest BCUT2D eigenvalue weighted by Gasteiger charge is 2.21. The molecule has 0 radical (unpaired) electrons. The first-order valence-electron chi connectivity index (χ1n) is 6.75. The third kappa shape index (κ3) is 5.72. The van der Waals surface area contributed by atoms with Crippen LogP contribution >= 0.6 is 0 Å². The summed E-state index contributed by atoms with van der Waals surface area (Å²) in [7, 11) is 3.64. The van der Waals surface area contributed by atoms with Gasteiger partial charge in [0, 0.05) is 44.4 Å². The van der Waals surface area contributed by atoms with Gasteiger partial charge in [0.1, 0.15) is 0 Å². The molecule has 1 heterocycles. The van der Waals surface area contributed by atoms with E-state index >= 15 is 0 Å². The number of hydrogen-bond donors (Lipinski definition) is 1. The maximum Gasteiger partial charge on any atom is 0.0722 e. The predicted molar refractivity (Wildman–Crippen MR) is 76.3 cm³/mol. The van der Waals surface area contributed by atoms with Crippen LogP contribution in [0.4, 0.5) is 0 Å². The summed E-state index contributed by atoms with van der Waals surface area (Å²) in [4.78, 5) is 0. The van der Waals surface area contributed by atoms with E-state index in [4.69, 9.17) is 9.47 Å². The Kier molecular flexibility index (Phi) is 6.48. The number of methoxy groups -OCH3 is 1. The lowest BCUT2D eigenvalue weighted by Gasteiger charge is -2.17. The van der Waals surface area contributed by atoms with Gasteiger partial charge in [0.2, 0.25) is 0 Å². The van der Waals surface area contributed by atoms with E-state index in [1.807, 2.05) is 11.7 Å². The van der Waals surface area contributed by atoms with Gasteiger partial charge in [-0.2, -0.15) is 5.10 Å². The molecule has 0 aliphatic rings. The van der Waals surface area contributed by atoms with Crippen LogP contribution in [0, 0.1) is 0 Å². The minimum absolute atomic E-state index is 0.0766. The molecule has 0 fully saturated rings. The minimum Gasteiger partial charge on any atom is -0.382 e. The summed E-state index contributed by atoms with van der Waals surface area (Å²) >= 11 is 0. The molecule has 1 N–H and O–H groups in total. The monoisotopic (exact) mass is 269 g/mol. The smallest absolute Gasteiger partial charge is 0.0722 e. The molecule has 0 atom stereocenters. The topological polar surface area (TPSA) is 48.3 Å². The summed E-state index contributed by atoms with van der Waals surface area (Å²) in [6.45, 7) is 10.2. The average molecular weight is 269 g/mol. The van der Waals surface area contributed by atoms with Gasteiger partial charge in [-0.1, -0.05) is 20.8 Å². The summed E-state index contributed by atoms with van der Waals surface area (Å²) in [5, 5.41) is 7.94. The van der Waals surface area contributed by atoms with E-state index in [-0.39, 0.29) is 5.41 Å². The molecule has 5 heteroatoms. The highest BCUT2D eigenvalue weighted by Crippen LogP contribution is 2.23. The van der Waals surface area contributed by atoms with Crippen LogP contribution < -0.4 is 5.32 Å². The van der Waals surface area contributed by atoms with Crippen LogP contribution in [0.3, 0.4) is 0 Å². The first-order chi connectivity index (χ1) is 8.95. The zero-order valence-corrected chi connectivity index (χ0v) is 12.8. The molecular weight excluding hydrogens is 242 g/mol. The van der Waals surface area contributed by atoms with Crippen molar-refractivity contribution in [2.45, 2.75) is 32.7 Å². The molecule has 0 aliphatic heterocycles. The number of aromatic nitrogens is 2. The fraction of sp³-hybridized carbons (Fsp3) is 0.786. The first kappa shape index (κ1) is 16.1. The molecule has 1 aromatic rings. The minimum atomic E-state index is 0.0766. The second-order valence-corrected chi connectivity index (χ2v) is 5.71. The van der Waals surface area contributed by atoms with E-state index in [0.29, 0.717) is 19.8 Å². The van der Waals surface area contributed by atoms with Crippen molar-refractivity contribution in [1.82, 2.24) is 15.1 Å². The normalized spacial score (nSPS) is 12.1. The number of nitrogens with zero attached hydrogens (tertiary/aromatic N) is 2. The maximum absolute atomic E-state index is 5.41. The van der Waals surface area contributed by atoms with Gasteiger partial charge in [0.25, 0.3) is 0 Å². The lowest BCUT2D eigenvalue weighted by molar-refractivity contribution is 0.0719. The highest BCUT2D eigenvalue weighted by molar-refractivity contribution is 5.23.